The summed E-state index contributed by atoms with van der Waals surface area (Å²) in [5.74, 6) is -1.09. The number of rotatable bonds is 10. The first-order valence-electron chi connectivity index (χ1n) is 12.1. The number of carbonyl (C=O) groups is 2. The molecule has 4 rings (SSSR count). The number of nitrogens with one attached hydrogen (secondary N) is 1. The number of carbonyl (C=O) groups excluding carboxylic acids is 1. The molecule has 2 heterocycles. The van der Waals surface area contributed by atoms with E-state index in [1.807, 2.05) is 25.1 Å². The second-order valence-electron chi connectivity index (χ2n) is 9.56. The summed E-state index contributed by atoms with van der Waals surface area (Å²) < 4.78 is 0. The average molecular weight is 497 g/mol. The Bertz CT molecular complexity index is 1470. The number of anilines is 1. The van der Waals surface area contributed by atoms with Gasteiger partial charge in [-0.1, -0.05) is 36.9 Å². The molecule has 0 aliphatic heterocycles. The lowest BCUT2D eigenvalue weighted by Gasteiger charge is -2.21. The van der Waals surface area contributed by atoms with Crippen LogP contribution >= 0.6 is 0 Å². The van der Waals surface area contributed by atoms with Crippen LogP contribution < -0.4 is 4.90 Å². The Hall–Kier alpha value is -4.23. The van der Waals surface area contributed by atoms with Crippen molar-refractivity contribution in [2.75, 3.05) is 39.1 Å². The number of aromatic nitrogens is 2. The fourth-order valence-electron chi connectivity index (χ4n) is 4.34. The summed E-state index contributed by atoms with van der Waals surface area (Å²) in [5, 5.41) is 10.3. The molecule has 0 radical (unpaired) electrons. The van der Waals surface area contributed by atoms with Crippen molar-refractivity contribution in [1.29, 1.82) is 0 Å². The number of carboxylic acid groups (broad SMARTS) is 1. The summed E-state index contributed by atoms with van der Waals surface area (Å²) in [6, 6.07) is 15.9. The number of H-pyrrole nitrogens is 1. The molecule has 0 saturated heterocycles. The topological polar surface area (TPSA) is 89.5 Å². The second-order valence-corrected chi connectivity index (χ2v) is 9.56. The highest BCUT2D eigenvalue weighted by Gasteiger charge is 2.19. The molecule has 7 heteroatoms. The number of ketones is 1. The van der Waals surface area contributed by atoms with Crippen LogP contribution in [0.1, 0.15) is 21.5 Å². The molecular weight excluding hydrogens is 464 g/mol. The first-order valence-corrected chi connectivity index (χ1v) is 12.1. The quantitative estimate of drug-likeness (QED) is 0.294. The molecule has 37 heavy (non-hydrogen) atoms. The molecule has 0 aliphatic rings. The number of fused-ring (bicyclic) bond motifs is 1. The minimum absolute atomic E-state index is 0.0526. The van der Waals surface area contributed by atoms with Crippen molar-refractivity contribution in [2.24, 2.45) is 0 Å². The number of likely N-dealkylation sites (N-methyl/N-ethyl adjacent to an activating group) is 2. The van der Waals surface area contributed by atoms with Crippen molar-refractivity contribution in [2.45, 2.75) is 13.3 Å². The zero-order valence-electron chi connectivity index (χ0n) is 21.7. The largest absolute Gasteiger partial charge is 0.478 e. The van der Waals surface area contributed by atoms with E-state index in [1.165, 1.54) is 12.3 Å². The summed E-state index contributed by atoms with van der Waals surface area (Å²) in [6.45, 7) is 7.42. The highest BCUT2D eigenvalue weighted by atomic mass is 16.4. The van der Waals surface area contributed by atoms with Gasteiger partial charge in [0.05, 0.1) is 11.3 Å². The Balaban J connectivity index is 1.85. The highest BCUT2D eigenvalue weighted by molar-refractivity contribution is 6.05. The summed E-state index contributed by atoms with van der Waals surface area (Å²) in [6.07, 6.45) is 2.96. The van der Waals surface area contributed by atoms with Gasteiger partial charge < -0.3 is 19.9 Å². The fourth-order valence-corrected chi connectivity index (χ4v) is 4.34. The number of carboxylic acids is 1. The zero-order valence-corrected chi connectivity index (χ0v) is 21.7. The lowest BCUT2D eigenvalue weighted by molar-refractivity contribution is -0.114. The van der Waals surface area contributed by atoms with Crippen LogP contribution in [0.4, 0.5) is 5.69 Å². The number of aromatic carboxylic acids is 1. The van der Waals surface area contributed by atoms with Crippen molar-refractivity contribution < 1.29 is 14.7 Å². The van der Waals surface area contributed by atoms with E-state index in [1.54, 1.807) is 6.07 Å². The fraction of sp³-hybridized carbons (Fsp3) is 0.233. The third-order valence-electron chi connectivity index (χ3n) is 6.61. The Morgan fingerprint density at radius 2 is 1.73 bits per heavy atom. The smallest absolute Gasteiger partial charge is 0.337 e. The predicted molar refractivity (Wildman–Crippen MR) is 149 cm³/mol. The third kappa shape index (κ3) is 5.62. The Kier molecular flexibility index (Phi) is 7.55. The van der Waals surface area contributed by atoms with Gasteiger partial charge >= 0.3 is 5.97 Å². The van der Waals surface area contributed by atoms with E-state index in [0.717, 1.165) is 52.3 Å². The molecule has 2 N–H and O–H groups in total. The molecule has 0 unspecified atom stereocenters. The molecule has 0 aliphatic carbocycles. The minimum atomic E-state index is -1.03. The van der Waals surface area contributed by atoms with Gasteiger partial charge in [-0.2, -0.15) is 0 Å². The SMILES string of the molecule is C=CC(=O)Cc1cc(-c2c(-c3ccc(N(C)CCN(C)C)cc3)[nH]c3ncc(C(=O)O)cc23)ccc1C. The molecule has 2 aromatic heterocycles. The number of allylic oxidation sites excluding steroid dienone is 1. The Morgan fingerprint density at radius 3 is 2.38 bits per heavy atom. The van der Waals surface area contributed by atoms with Gasteiger partial charge in [-0.25, -0.2) is 9.78 Å². The molecular formula is C30H32N4O3. The normalized spacial score (nSPS) is 11.2. The van der Waals surface area contributed by atoms with Gasteiger partial charge in [-0.15, -0.1) is 0 Å². The molecule has 0 amide bonds. The van der Waals surface area contributed by atoms with Crippen LogP contribution in [-0.4, -0.2) is 66.0 Å². The van der Waals surface area contributed by atoms with Crippen molar-refractivity contribution in [1.82, 2.24) is 14.9 Å². The van der Waals surface area contributed by atoms with Gasteiger partial charge in [0.2, 0.25) is 0 Å². The number of hydrogen-bond acceptors (Lipinski definition) is 5. The number of pyridine rings is 1. The van der Waals surface area contributed by atoms with Crippen molar-refractivity contribution in [3.63, 3.8) is 0 Å². The van der Waals surface area contributed by atoms with Crippen LogP contribution in [-0.2, 0) is 11.2 Å². The number of aromatic amines is 1. The number of benzene rings is 2. The minimum Gasteiger partial charge on any atom is -0.478 e. The molecule has 0 saturated carbocycles. The van der Waals surface area contributed by atoms with E-state index in [-0.39, 0.29) is 17.8 Å². The van der Waals surface area contributed by atoms with Crippen LogP contribution in [0.25, 0.3) is 33.4 Å². The maximum atomic E-state index is 12.1. The molecule has 2 aromatic carbocycles. The van der Waals surface area contributed by atoms with E-state index in [0.29, 0.717) is 11.0 Å². The van der Waals surface area contributed by atoms with E-state index in [9.17, 15) is 14.7 Å². The van der Waals surface area contributed by atoms with Gasteiger partial charge in [0, 0.05) is 49.4 Å². The molecule has 7 nitrogen and oxygen atoms in total. The molecule has 0 fully saturated rings. The van der Waals surface area contributed by atoms with E-state index in [4.69, 9.17) is 0 Å². The van der Waals surface area contributed by atoms with Crippen LogP contribution in [0.15, 0.2) is 67.4 Å². The van der Waals surface area contributed by atoms with Crippen LogP contribution in [0.3, 0.4) is 0 Å². The van der Waals surface area contributed by atoms with E-state index >= 15 is 0 Å². The van der Waals surface area contributed by atoms with Crippen molar-refractivity contribution in [3.8, 4) is 22.4 Å². The second kappa shape index (κ2) is 10.8. The molecule has 0 bridgehead atoms. The Labute approximate surface area is 217 Å². The summed E-state index contributed by atoms with van der Waals surface area (Å²) in [7, 11) is 6.19. The van der Waals surface area contributed by atoms with Crippen molar-refractivity contribution >= 4 is 28.5 Å². The lowest BCUT2D eigenvalue weighted by atomic mass is 9.93. The van der Waals surface area contributed by atoms with Crippen LogP contribution in [0.5, 0.6) is 0 Å². The van der Waals surface area contributed by atoms with E-state index < -0.39 is 5.97 Å². The first-order chi connectivity index (χ1) is 17.7. The van der Waals surface area contributed by atoms with Gasteiger partial charge in [0.25, 0.3) is 0 Å². The summed E-state index contributed by atoms with van der Waals surface area (Å²) in [5.41, 5.74) is 7.28. The van der Waals surface area contributed by atoms with Gasteiger partial charge in [0.1, 0.15) is 5.65 Å². The van der Waals surface area contributed by atoms with Crippen molar-refractivity contribution in [3.05, 3.63) is 84.1 Å². The Morgan fingerprint density at radius 1 is 1.03 bits per heavy atom. The third-order valence-corrected chi connectivity index (χ3v) is 6.61. The highest BCUT2D eigenvalue weighted by Crippen LogP contribution is 2.39. The maximum absolute atomic E-state index is 12.1. The monoisotopic (exact) mass is 496 g/mol. The molecule has 0 atom stereocenters. The molecule has 0 spiro atoms. The van der Waals surface area contributed by atoms with Gasteiger partial charge in [0.15, 0.2) is 5.78 Å². The summed E-state index contributed by atoms with van der Waals surface area (Å²) in [4.78, 5) is 36.0. The first kappa shape index (κ1) is 25.9. The lowest BCUT2D eigenvalue weighted by Crippen LogP contribution is -2.28. The molecule has 4 aromatic rings. The van der Waals surface area contributed by atoms with Crippen LogP contribution in [0.2, 0.25) is 0 Å². The average Bonchev–Trinajstić information content (AvgIpc) is 3.27. The predicted octanol–water partition coefficient (Wildman–Crippen LogP) is 5.20. The number of hydrogen-bond donors (Lipinski definition) is 2. The van der Waals surface area contributed by atoms with Crippen LogP contribution in [0, 0.1) is 6.92 Å². The number of nitrogens with zero attached hydrogens (tertiary/aromatic N) is 3. The van der Waals surface area contributed by atoms with E-state index in [2.05, 4.69) is 71.8 Å². The standard InChI is InChI=1S/C30H32N4O3/c1-6-25(35)16-22-15-21(8-7-19(22)2)27-26-17-23(30(36)37)18-31-29(26)32-28(27)20-9-11-24(12-10-20)34(5)14-13-33(3)4/h6-12,15,17-18H,1,13-14,16H2,2-5H3,(H,31,32)(H,36,37). The summed E-state index contributed by atoms with van der Waals surface area (Å²) >= 11 is 0. The molecule has 190 valence electrons. The van der Waals surface area contributed by atoms with Gasteiger partial charge in [-0.05, 0) is 67.5 Å². The zero-order chi connectivity index (χ0) is 26.7. The van der Waals surface area contributed by atoms with Gasteiger partial charge in [-0.3, -0.25) is 4.79 Å². The maximum Gasteiger partial charge on any atom is 0.337 e. The number of aryl methyl sites for hydroxylation is 1.